The van der Waals surface area contributed by atoms with Crippen LogP contribution in [0.25, 0.3) is 22.2 Å². The van der Waals surface area contributed by atoms with E-state index in [0.717, 1.165) is 35.2 Å². The van der Waals surface area contributed by atoms with Crippen molar-refractivity contribution in [2.24, 2.45) is 7.05 Å². The number of carboxylic acid groups (broad SMARTS) is 1. The summed E-state index contributed by atoms with van der Waals surface area (Å²) in [5.74, 6) is -1.93. The number of halogens is 1. The summed E-state index contributed by atoms with van der Waals surface area (Å²) in [7, 11) is 4.07. The predicted octanol–water partition coefficient (Wildman–Crippen LogP) is 3.95. The molecular formula is C25H27ClN4O4. The van der Waals surface area contributed by atoms with Crippen molar-refractivity contribution in [3.05, 3.63) is 81.5 Å². The summed E-state index contributed by atoms with van der Waals surface area (Å²) >= 11 is 0. The molecule has 34 heavy (non-hydrogen) atoms. The Morgan fingerprint density at radius 1 is 1.21 bits per heavy atom. The Labute approximate surface area is 202 Å². The molecule has 0 bridgehead atoms. The molecule has 3 aromatic heterocycles. The molecule has 4 rings (SSSR count). The Morgan fingerprint density at radius 3 is 2.62 bits per heavy atom. The summed E-state index contributed by atoms with van der Waals surface area (Å²) in [5.41, 5.74) is 3.40. The maximum atomic E-state index is 12.3. The first-order chi connectivity index (χ1) is 15.8. The van der Waals surface area contributed by atoms with Crippen LogP contribution < -0.4 is 5.56 Å². The summed E-state index contributed by atoms with van der Waals surface area (Å²) in [6.07, 6.45) is 3.99. The number of carbonyl (C=O) groups is 1. The zero-order valence-electron chi connectivity index (χ0n) is 19.2. The van der Waals surface area contributed by atoms with Gasteiger partial charge in [0.1, 0.15) is 5.75 Å². The van der Waals surface area contributed by atoms with E-state index in [9.17, 15) is 19.8 Å². The van der Waals surface area contributed by atoms with Gasteiger partial charge in [-0.2, -0.15) is 0 Å². The van der Waals surface area contributed by atoms with E-state index in [4.69, 9.17) is 0 Å². The fourth-order valence-corrected chi connectivity index (χ4v) is 4.27. The van der Waals surface area contributed by atoms with Crippen molar-refractivity contribution in [3.63, 3.8) is 0 Å². The second kappa shape index (κ2) is 10.1. The van der Waals surface area contributed by atoms with Crippen LogP contribution in [0, 0.1) is 0 Å². The molecule has 9 heteroatoms. The van der Waals surface area contributed by atoms with E-state index >= 15 is 0 Å². The molecule has 3 heterocycles. The molecular weight excluding hydrogens is 456 g/mol. The second-order valence-electron chi connectivity index (χ2n) is 8.19. The Hall–Kier alpha value is -3.62. The number of hydrogen-bond acceptors (Lipinski definition) is 5. The van der Waals surface area contributed by atoms with Gasteiger partial charge < -0.3 is 19.8 Å². The van der Waals surface area contributed by atoms with E-state index in [2.05, 4.69) is 38.6 Å². The average Bonchev–Trinajstić information content (AvgIpc) is 3.08. The number of nitrogens with one attached hydrogen (secondary N) is 1. The fraction of sp³-hybridized carbons (Fsp3) is 0.240. The maximum Gasteiger partial charge on any atom is 0.345 e. The first kappa shape index (κ1) is 25.0. The number of H-pyrrole nitrogens is 1. The molecule has 0 aliphatic rings. The Morgan fingerprint density at radius 2 is 1.97 bits per heavy atom. The number of aromatic carboxylic acids is 1. The highest BCUT2D eigenvalue weighted by Gasteiger charge is 2.22. The van der Waals surface area contributed by atoms with Gasteiger partial charge in [-0.1, -0.05) is 19.1 Å². The number of rotatable bonds is 7. The molecule has 0 unspecified atom stereocenters. The van der Waals surface area contributed by atoms with Crippen molar-refractivity contribution in [3.8, 4) is 17.0 Å². The van der Waals surface area contributed by atoms with Gasteiger partial charge in [0.25, 0.3) is 5.56 Å². The van der Waals surface area contributed by atoms with Crippen molar-refractivity contribution in [2.45, 2.75) is 26.4 Å². The van der Waals surface area contributed by atoms with Gasteiger partial charge in [0.15, 0.2) is 5.56 Å². The van der Waals surface area contributed by atoms with E-state index in [1.54, 1.807) is 13.1 Å². The topological polar surface area (TPSA) is 111 Å². The number of aromatic nitrogens is 3. The van der Waals surface area contributed by atoms with E-state index in [0.29, 0.717) is 23.2 Å². The van der Waals surface area contributed by atoms with Crippen LogP contribution in [-0.2, 0) is 26.6 Å². The highest BCUT2D eigenvalue weighted by atomic mass is 35.5. The summed E-state index contributed by atoms with van der Waals surface area (Å²) < 4.78 is 2.13. The van der Waals surface area contributed by atoms with Crippen LogP contribution in [0.5, 0.6) is 5.75 Å². The lowest BCUT2D eigenvalue weighted by molar-refractivity contribution is 0.0691. The van der Waals surface area contributed by atoms with E-state index in [1.165, 1.54) is 0 Å². The lowest BCUT2D eigenvalue weighted by Gasteiger charge is -2.17. The van der Waals surface area contributed by atoms with Crippen molar-refractivity contribution in [2.75, 3.05) is 7.05 Å². The second-order valence-corrected chi connectivity index (χ2v) is 8.19. The van der Waals surface area contributed by atoms with E-state index < -0.39 is 22.8 Å². The van der Waals surface area contributed by atoms with Crippen LogP contribution in [0.2, 0.25) is 0 Å². The smallest absolute Gasteiger partial charge is 0.345 e. The van der Waals surface area contributed by atoms with Gasteiger partial charge in [0.05, 0.1) is 5.69 Å². The first-order valence-corrected chi connectivity index (χ1v) is 10.7. The van der Waals surface area contributed by atoms with Crippen molar-refractivity contribution < 1.29 is 15.0 Å². The normalized spacial score (nSPS) is 11.1. The quantitative estimate of drug-likeness (QED) is 0.368. The molecule has 0 saturated carbocycles. The van der Waals surface area contributed by atoms with Gasteiger partial charge in [-0.05, 0) is 48.9 Å². The fourth-order valence-electron chi connectivity index (χ4n) is 4.27. The number of nitrogens with zero attached hydrogens (tertiary/aromatic N) is 3. The van der Waals surface area contributed by atoms with Crippen molar-refractivity contribution >= 4 is 29.3 Å². The Bertz CT molecular complexity index is 1400. The molecule has 0 fully saturated rings. The average molecular weight is 483 g/mol. The molecule has 0 radical (unpaired) electrons. The van der Waals surface area contributed by atoms with Crippen molar-refractivity contribution in [1.29, 1.82) is 0 Å². The SMILES string of the molecule is CCc1c(-c2ccc3c(c2)cc(CN(C)Cc2cccnc2)n3C)[nH]c(=O)c(C(=O)O)c1O.Cl. The minimum atomic E-state index is -1.45. The lowest BCUT2D eigenvalue weighted by atomic mass is 9.99. The number of aromatic amines is 1. The number of aromatic hydroxyl groups is 1. The lowest BCUT2D eigenvalue weighted by Crippen LogP contribution is -2.20. The van der Waals surface area contributed by atoms with Crippen LogP contribution in [0.15, 0.2) is 53.6 Å². The number of carboxylic acids is 1. The maximum absolute atomic E-state index is 12.3. The van der Waals surface area contributed by atoms with Crippen LogP contribution in [0.3, 0.4) is 0 Å². The molecule has 0 spiro atoms. The third-order valence-corrected chi connectivity index (χ3v) is 5.90. The summed E-state index contributed by atoms with van der Waals surface area (Å²) in [4.78, 5) is 32.8. The van der Waals surface area contributed by atoms with Crippen LogP contribution in [-0.4, -0.2) is 42.7 Å². The highest BCUT2D eigenvalue weighted by Crippen LogP contribution is 2.32. The van der Waals surface area contributed by atoms with Gasteiger partial charge in [-0.3, -0.25) is 14.7 Å². The third-order valence-electron chi connectivity index (χ3n) is 5.90. The molecule has 0 aliphatic heterocycles. The number of fused-ring (bicyclic) bond motifs is 1. The van der Waals surface area contributed by atoms with Gasteiger partial charge >= 0.3 is 5.97 Å². The van der Waals surface area contributed by atoms with E-state index in [1.807, 2.05) is 37.5 Å². The van der Waals surface area contributed by atoms with Gasteiger partial charge in [-0.15, -0.1) is 12.4 Å². The molecule has 0 atom stereocenters. The van der Waals surface area contributed by atoms with Gasteiger partial charge in [-0.25, -0.2) is 4.79 Å². The molecule has 4 aromatic rings. The summed E-state index contributed by atoms with van der Waals surface area (Å²) in [6.45, 7) is 3.32. The van der Waals surface area contributed by atoms with Crippen LogP contribution >= 0.6 is 12.4 Å². The largest absolute Gasteiger partial charge is 0.506 e. The molecule has 3 N–H and O–H groups in total. The minimum absolute atomic E-state index is 0. The summed E-state index contributed by atoms with van der Waals surface area (Å²) in [5, 5.41) is 20.7. The van der Waals surface area contributed by atoms with Gasteiger partial charge in [0.2, 0.25) is 0 Å². The molecule has 0 amide bonds. The highest BCUT2D eigenvalue weighted by molar-refractivity contribution is 5.92. The number of aryl methyl sites for hydroxylation is 1. The monoisotopic (exact) mass is 482 g/mol. The third kappa shape index (κ3) is 4.69. The van der Waals surface area contributed by atoms with Crippen molar-refractivity contribution in [1.82, 2.24) is 19.4 Å². The van der Waals surface area contributed by atoms with Crippen LogP contribution in [0.4, 0.5) is 0 Å². The zero-order chi connectivity index (χ0) is 23.7. The molecule has 0 aliphatic carbocycles. The van der Waals surface area contributed by atoms with Gasteiger partial charge in [0, 0.05) is 54.7 Å². The number of benzene rings is 1. The predicted molar refractivity (Wildman–Crippen MR) is 134 cm³/mol. The minimum Gasteiger partial charge on any atom is -0.506 e. The summed E-state index contributed by atoms with van der Waals surface area (Å²) in [6, 6.07) is 11.9. The number of hydrogen-bond donors (Lipinski definition) is 3. The Balaban J connectivity index is 0.00000324. The molecule has 8 nitrogen and oxygen atoms in total. The van der Waals surface area contributed by atoms with E-state index in [-0.39, 0.29) is 12.4 Å². The molecule has 0 saturated heterocycles. The van der Waals surface area contributed by atoms with Crippen LogP contribution in [0.1, 0.15) is 34.1 Å². The molecule has 1 aromatic carbocycles. The number of pyridine rings is 2. The molecule has 178 valence electrons. The zero-order valence-corrected chi connectivity index (χ0v) is 20.0. The standard InChI is InChI=1S/C25H26N4O4.ClH/c1-4-19-22(27-24(31)21(23(19)30)25(32)33)16-7-8-20-17(10-16)11-18(29(20)3)14-28(2)13-15-6-5-9-26-12-15;/h5-12H,4,13-14H2,1-3H3,(H,32,33)(H2,27,30,31);1H. The Kier molecular flexibility index (Phi) is 7.44. The first-order valence-electron chi connectivity index (χ1n) is 10.7.